The second-order valence-electron chi connectivity index (χ2n) is 5.57. The highest BCUT2D eigenvalue weighted by atomic mass is 16.3. The first-order valence-electron chi connectivity index (χ1n) is 6.94. The number of hydrogen-bond donors (Lipinski definition) is 3. The number of aromatic amines is 1. The minimum atomic E-state index is -0.133. The second kappa shape index (κ2) is 5.67. The molecule has 2 atom stereocenters. The van der Waals surface area contributed by atoms with Gasteiger partial charge in [0.1, 0.15) is 5.69 Å². The molecule has 0 aliphatic carbocycles. The Labute approximate surface area is 119 Å². The smallest absolute Gasteiger partial charge is 0.267 e. The molecular formula is C16H22N2O2. The first-order valence-corrected chi connectivity index (χ1v) is 6.94. The van der Waals surface area contributed by atoms with E-state index in [1.54, 1.807) is 0 Å². The van der Waals surface area contributed by atoms with Crippen LogP contribution in [0.3, 0.4) is 0 Å². The fourth-order valence-electron chi connectivity index (χ4n) is 2.17. The number of rotatable bonds is 4. The van der Waals surface area contributed by atoms with E-state index < -0.39 is 0 Å². The number of fused-ring (bicyclic) bond motifs is 1. The maximum absolute atomic E-state index is 12.2. The molecule has 108 valence electrons. The van der Waals surface area contributed by atoms with Gasteiger partial charge in [0.05, 0.1) is 0 Å². The maximum atomic E-state index is 12.2. The maximum Gasteiger partial charge on any atom is 0.267 e. The van der Waals surface area contributed by atoms with Gasteiger partial charge in [0.25, 0.3) is 5.91 Å². The number of amides is 1. The molecule has 20 heavy (non-hydrogen) atoms. The standard InChI is InChI=1S/C16H22N2O2/c1-9-5-6-14-13(11(9)3)7-15(18-14)16(20)17-12(4)10(2)8-19/h5-7,10,12,18-19H,8H2,1-4H3,(H,17,20). The van der Waals surface area contributed by atoms with Crippen LogP contribution in [0, 0.1) is 19.8 Å². The van der Waals surface area contributed by atoms with E-state index >= 15 is 0 Å². The molecule has 0 bridgehead atoms. The summed E-state index contributed by atoms with van der Waals surface area (Å²) in [6, 6.07) is 5.87. The fraction of sp³-hybridized carbons (Fsp3) is 0.438. The van der Waals surface area contributed by atoms with Crippen LogP contribution in [0.5, 0.6) is 0 Å². The Morgan fingerprint density at radius 2 is 2.05 bits per heavy atom. The predicted molar refractivity (Wildman–Crippen MR) is 81.0 cm³/mol. The molecule has 1 aromatic carbocycles. The molecule has 2 rings (SSSR count). The lowest BCUT2D eigenvalue weighted by Crippen LogP contribution is -2.38. The van der Waals surface area contributed by atoms with Crippen molar-refractivity contribution in [1.29, 1.82) is 0 Å². The minimum Gasteiger partial charge on any atom is -0.396 e. The lowest BCUT2D eigenvalue weighted by molar-refractivity contribution is 0.0912. The summed E-state index contributed by atoms with van der Waals surface area (Å²) in [4.78, 5) is 15.4. The van der Waals surface area contributed by atoms with Crippen molar-refractivity contribution < 1.29 is 9.90 Å². The van der Waals surface area contributed by atoms with Crippen LogP contribution in [0.4, 0.5) is 0 Å². The number of aryl methyl sites for hydroxylation is 2. The molecule has 0 saturated heterocycles. The Hall–Kier alpha value is -1.81. The van der Waals surface area contributed by atoms with E-state index in [0.29, 0.717) is 5.69 Å². The molecule has 4 nitrogen and oxygen atoms in total. The van der Waals surface area contributed by atoms with Gasteiger partial charge in [0.2, 0.25) is 0 Å². The number of aliphatic hydroxyl groups is 1. The molecule has 1 heterocycles. The molecule has 1 amide bonds. The van der Waals surface area contributed by atoms with Crippen LogP contribution in [-0.4, -0.2) is 28.6 Å². The van der Waals surface area contributed by atoms with Crippen LogP contribution < -0.4 is 5.32 Å². The van der Waals surface area contributed by atoms with Crippen LogP contribution >= 0.6 is 0 Å². The molecule has 0 radical (unpaired) electrons. The third-order valence-electron chi connectivity index (χ3n) is 4.09. The summed E-state index contributed by atoms with van der Waals surface area (Å²) >= 11 is 0. The SMILES string of the molecule is Cc1ccc2[nH]c(C(=O)NC(C)C(C)CO)cc2c1C. The topological polar surface area (TPSA) is 65.1 Å². The van der Waals surface area contributed by atoms with Crippen molar-refractivity contribution in [2.45, 2.75) is 33.7 Å². The molecule has 4 heteroatoms. The largest absolute Gasteiger partial charge is 0.396 e. The summed E-state index contributed by atoms with van der Waals surface area (Å²) in [5.74, 6) is -0.0987. The average molecular weight is 274 g/mol. The molecule has 2 aromatic rings. The zero-order chi connectivity index (χ0) is 14.9. The van der Waals surface area contributed by atoms with Crippen LogP contribution in [-0.2, 0) is 0 Å². The molecule has 0 aliphatic rings. The highest BCUT2D eigenvalue weighted by Crippen LogP contribution is 2.22. The highest BCUT2D eigenvalue weighted by molar-refractivity contribution is 5.99. The number of carbonyl (C=O) groups excluding carboxylic acids is 1. The van der Waals surface area contributed by atoms with E-state index in [1.807, 2.05) is 32.0 Å². The third-order valence-corrected chi connectivity index (χ3v) is 4.09. The summed E-state index contributed by atoms with van der Waals surface area (Å²) in [6.07, 6.45) is 0. The van der Waals surface area contributed by atoms with E-state index in [-0.39, 0.29) is 24.5 Å². The van der Waals surface area contributed by atoms with Gasteiger partial charge < -0.3 is 15.4 Å². The van der Waals surface area contributed by atoms with Gasteiger partial charge in [-0.3, -0.25) is 4.79 Å². The van der Waals surface area contributed by atoms with Gasteiger partial charge in [-0.25, -0.2) is 0 Å². The van der Waals surface area contributed by atoms with Crippen molar-refractivity contribution in [2.75, 3.05) is 6.61 Å². The van der Waals surface area contributed by atoms with E-state index in [1.165, 1.54) is 11.1 Å². The van der Waals surface area contributed by atoms with Gasteiger partial charge in [-0.15, -0.1) is 0 Å². The van der Waals surface area contributed by atoms with Gasteiger partial charge in [-0.1, -0.05) is 13.0 Å². The second-order valence-corrected chi connectivity index (χ2v) is 5.57. The Balaban J connectivity index is 2.25. The summed E-state index contributed by atoms with van der Waals surface area (Å²) in [5, 5.41) is 13.1. The van der Waals surface area contributed by atoms with Crippen LogP contribution in [0.1, 0.15) is 35.5 Å². The summed E-state index contributed by atoms with van der Waals surface area (Å²) in [7, 11) is 0. The third kappa shape index (κ3) is 2.70. The van der Waals surface area contributed by atoms with Gasteiger partial charge in [0.15, 0.2) is 0 Å². The van der Waals surface area contributed by atoms with E-state index in [2.05, 4.69) is 24.1 Å². The fourth-order valence-corrected chi connectivity index (χ4v) is 2.17. The molecule has 3 N–H and O–H groups in total. The summed E-state index contributed by atoms with van der Waals surface area (Å²) in [6.45, 7) is 7.99. The zero-order valence-electron chi connectivity index (χ0n) is 12.4. The lowest BCUT2D eigenvalue weighted by atomic mass is 10.0. The predicted octanol–water partition coefficient (Wildman–Crippen LogP) is 2.53. The van der Waals surface area contributed by atoms with Crippen molar-refractivity contribution in [2.24, 2.45) is 5.92 Å². The number of aromatic nitrogens is 1. The zero-order valence-corrected chi connectivity index (χ0v) is 12.4. The molecule has 2 unspecified atom stereocenters. The number of nitrogens with one attached hydrogen (secondary N) is 2. The Kier molecular flexibility index (Phi) is 4.14. The van der Waals surface area contributed by atoms with Crippen LogP contribution in [0.2, 0.25) is 0 Å². The highest BCUT2D eigenvalue weighted by Gasteiger charge is 2.17. The van der Waals surface area contributed by atoms with E-state index in [9.17, 15) is 4.79 Å². The Morgan fingerprint density at radius 3 is 2.70 bits per heavy atom. The molecule has 0 saturated carbocycles. The number of benzene rings is 1. The van der Waals surface area contributed by atoms with Crippen molar-refractivity contribution in [3.8, 4) is 0 Å². The summed E-state index contributed by atoms with van der Waals surface area (Å²) < 4.78 is 0. The molecule has 0 spiro atoms. The van der Waals surface area contributed by atoms with Gasteiger partial charge in [0, 0.05) is 23.6 Å². The quantitative estimate of drug-likeness (QED) is 0.802. The molecule has 0 fully saturated rings. The van der Waals surface area contributed by atoms with E-state index in [4.69, 9.17) is 5.11 Å². The van der Waals surface area contributed by atoms with Crippen molar-refractivity contribution in [3.05, 3.63) is 35.0 Å². The Bertz CT molecular complexity index is 631. The number of aliphatic hydroxyl groups excluding tert-OH is 1. The van der Waals surface area contributed by atoms with Gasteiger partial charge in [-0.2, -0.15) is 0 Å². The van der Waals surface area contributed by atoms with Crippen molar-refractivity contribution >= 4 is 16.8 Å². The molecule has 0 aliphatic heterocycles. The molecule has 1 aromatic heterocycles. The average Bonchev–Trinajstić information content (AvgIpc) is 2.87. The monoisotopic (exact) mass is 274 g/mol. The lowest BCUT2D eigenvalue weighted by Gasteiger charge is -2.18. The van der Waals surface area contributed by atoms with Gasteiger partial charge in [-0.05, 0) is 49.9 Å². The van der Waals surface area contributed by atoms with Crippen molar-refractivity contribution in [1.82, 2.24) is 10.3 Å². The first kappa shape index (κ1) is 14.6. The normalized spacial score (nSPS) is 14.2. The Morgan fingerprint density at radius 1 is 1.35 bits per heavy atom. The first-order chi connectivity index (χ1) is 9.43. The number of H-pyrrole nitrogens is 1. The number of hydrogen-bond acceptors (Lipinski definition) is 2. The van der Waals surface area contributed by atoms with Crippen LogP contribution in [0.25, 0.3) is 10.9 Å². The van der Waals surface area contributed by atoms with Crippen molar-refractivity contribution in [3.63, 3.8) is 0 Å². The van der Waals surface area contributed by atoms with E-state index in [0.717, 1.165) is 10.9 Å². The van der Waals surface area contributed by atoms with Crippen LogP contribution in [0.15, 0.2) is 18.2 Å². The molecular weight excluding hydrogens is 252 g/mol. The van der Waals surface area contributed by atoms with Gasteiger partial charge >= 0.3 is 0 Å². The summed E-state index contributed by atoms with van der Waals surface area (Å²) in [5.41, 5.74) is 3.94. The minimum absolute atomic E-state index is 0.0345. The number of carbonyl (C=O) groups is 1.